The molecule has 1 aliphatic heterocycles. The third kappa shape index (κ3) is 1.90. The molecule has 1 atom stereocenters. The number of aromatic nitrogens is 2. The Morgan fingerprint density at radius 1 is 1.28 bits per heavy atom. The molecule has 3 nitrogen and oxygen atoms in total. The van der Waals surface area contributed by atoms with Crippen LogP contribution >= 0.6 is 15.9 Å². The van der Waals surface area contributed by atoms with E-state index in [4.69, 9.17) is 0 Å². The maximum Gasteiger partial charge on any atom is 0.230 e. The Bertz CT molecular complexity index is 553. The zero-order chi connectivity index (χ0) is 12.5. The van der Waals surface area contributed by atoms with Gasteiger partial charge in [0.25, 0.3) is 0 Å². The van der Waals surface area contributed by atoms with Gasteiger partial charge in [0, 0.05) is 29.5 Å². The summed E-state index contributed by atoms with van der Waals surface area (Å²) in [5, 5.41) is 0.791. The van der Waals surface area contributed by atoms with E-state index in [0.29, 0.717) is 6.04 Å². The van der Waals surface area contributed by atoms with Crippen molar-refractivity contribution >= 4 is 27.6 Å². The van der Waals surface area contributed by atoms with Crippen LogP contribution in [0.15, 0.2) is 36.7 Å². The molecule has 4 heteroatoms. The molecule has 0 fully saturated rings. The molecule has 1 aromatic carbocycles. The molecule has 1 aromatic heterocycles. The van der Waals surface area contributed by atoms with Gasteiger partial charge in [-0.15, -0.1) is 0 Å². The second-order valence-electron chi connectivity index (χ2n) is 4.58. The summed E-state index contributed by atoms with van der Waals surface area (Å²) in [6, 6.07) is 8.89. The second kappa shape index (κ2) is 4.69. The third-order valence-electron chi connectivity index (χ3n) is 3.27. The number of fused-ring (bicyclic) bond motifs is 1. The van der Waals surface area contributed by atoms with Crippen molar-refractivity contribution in [2.45, 2.75) is 24.7 Å². The molecule has 2 heterocycles. The van der Waals surface area contributed by atoms with E-state index in [1.807, 2.05) is 12.4 Å². The molecule has 2 aromatic rings. The first-order chi connectivity index (χ1) is 8.79. The number of alkyl halides is 1. The first-order valence-electron chi connectivity index (χ1n) is 6.03. The van der Waals surface area contributed by atoms with Gasteiger partial charge in [-0.05, 0) is 30.5 Å². The van der Waals surface area contributed by atoms with Crippen molar-refractivity contribution in [3.63, 3.8) is 0 Å². The predicted molar refractivity (Wildman–Crippen MR) is 76.4 cm³/mol. The molecule has 0 saturated heterocycles. The van der Waals surface area contributed by atoms with Crippen molar-refractivity contribution in [3.8, 4) is 0 Å². The van der Waals surface area contributed by atoms with Gasteiger partial charge in [-0.3, -0.25) is 0 Å². The standard InChI is InChI=1S/C14H14BrN3/c1-10-6-12-4-2-3-5-13(12)18(10)14-16-8-11(7-15)9-17-14/h2-5,8-10H,6-7H2,1H3. The number of hydrogen-bond donors (Lipinski definition) is 0. The molecule has 0 amide bonds. The number of nitrogens with zero attached hydrogens (tertiary/aromatic N) is 3. The summed E-state index contributed by atoms with van der Waals surface area (Å²) in [6.07, 6.45) is 4.81. The van der Waals surface area contributed by atoms with Crippen LogP contribution in [-0.2, 0) is 11.8 Å². The van der Waals surface area contributed by atoms with E-state index in [9.17, 15) is 0 Å². The summed E-state index contributed by atoms with van der Waals surface area (Å²) in [6.45, 7) is 2.21. The average molecular weight is 304 g/mol. The fraction of sp³-hybridized carbons (Fsp3) is 0.286. The first-order valence-corrected chi connectivity index (χ1v) is 7.16. The highest BCUT2D eigenvalue weighted by Gasteiger charge is 2.28. The van der Waals surface area contributed by atoms with Crippen LogP contribution in [0.5, 0.6) is 0 Å². The smallest absolute Gasteiger partial charge is 0.230 e. The molecule has 92 valence electrons. The van der Waals surface area contributed by atoms with Crippen molar-refractivity contribution in [2.75, 3.05) is 4.90 Å². The van der Waals surface area contributed by atoms with E-state index in [2.05, 4.69) is 62.0 Å². The SMILES string of the molecule is CC1Cc2ccccc2N1c1ncc(CBr)cn1. The molecule has 0 saturated carbocycles. The Morgan fingerprint density at radius 2 is 2.00 bits per heavy atom. The van der Waals surface area contributed by atoms with Crippen LogP contribution in [0, 0.1) is 0 Å². The lowest BCUT2D eigenvalue weighted by Crippen LogP contribution is -2.25. The monoisotopic (exact) mass is 303 g/mol. The number of benzene rings is 1. The quantitative estimate of drug-likeness (QED) is 0.796. The average Bonchev–Trinajstić information content (AvgIpc) is 2.75. The van der Waals surface area contributed by atoms with Crippen molar-refractivity contribution < 1.29 is 0 Å². The van der Waals surface area contributed by atoms with Gasteiger partial charge in [0.1, 0.15) is 0 Å². The van der Waals surface area contributed by atoms with Crippen molar-refractivity contribution in [3.05, 3.63) is 47.8 Å². The molecule has 1 unspecified atom stereocenters. The van der Waals surface area contributed by atoms with Gasteiger partial charge >= 0.3 is 0 Å². The fourth-order valence-electron chi connectivity index (χ4n) is 2.41. The fourth-order valence-corrected chi connectivity index (χ4v) is 2.70. The van der Waals surface area contributed by atoms with Crippen LogP contribution < -0.4 is 4.90 Å². The van der Waals surface area contributed by atoms with Crippen LogP contribution in [0.25, 0.3) is 0 Å². The Balaban J connectivity index is 2.00. The minimum Gasteiger partial charge on any atom is -0.307 e. The lowest BCUT2D eigenvalue weighted by atomic mass is 10.1. The van der Waals surface area contributed by atoms with Crippen molar-refractivity contribution in [1.82, 2.24) is 9.97 Å². The summed E-state index contributed by atoms with van der Waals surface area (Å²) >= 11 is 3.41. The summed E-state index contributed by atoms with van der Waals surface area (Å²) in [7, 11) is 0. The molecule has 0 spiro atoms. The minimum absolute atomic E-state index is 0.414. The van der Waals surface area contributed by atoms with E-state index in [0.717, 1.165) is 23.3 Å². The van der Waals surface area contributed by atoms with Gasteiger partial charge in [-0.25, -0.2) is 9.97 Å². The summed E-state index contributed by atoms with van der Waals surface area (Å²) in [5.41, 5.74) is 3.70. The zero-order valence-electron chi connectivity index (χ0n) is 10.2. The lowest BCUT2D eigenvalue weighted by Gasteiger charge is -2.22. The van der Waals surface area contributed by atoms with Crippen LogP contribution in [0.4, 0.5) is 11.6 Å². The van der Waals surface area contributed by atoms with Crippen LogP contribution in [-0.4, -0.2) is 16.0 Å². The van der Waals surface area contributed by atoms with Gasteiger partial charge in [0.2, 0.25) is 5.95 Å². The zero-order valence-corrected chi connectivity index (χ0v) is 11.8. The summed E-state index contributed by atoms with van der Waals surface area (Å²) < 4.78 is 0. The van der Waals surface area contributed by atoms with E-state index < -0.39 is 0 Å². The maximum atomic E-state index is 4.47. The minimum atomic E-state index is 0.414. The van der Waals surface area contributed by atoms with Crippen LogP contribution in [0.2, 0.25) is 0 Å². The highest BCUT2D eigenvalue weighted by molar-refractivity contribution is 9.08. The first kappa shape index (κ1) is 11.7. The molecule has 0 N–H and O–H groups in total. The molecule has 0 aliphatic carbocycles. The molecular weight excluding hydrogens is 290 g/mol. The van der Waals surface area contributed by atoms with E-state index in [-0.39, 0.29) is 0 Å². The number of anilines is 2. The molecule has 3 rings (SSSR count). The topological polar surface area (TPSA) is 29.0 Å². The number of hydrogen-bond acceptors (Lipinski definition) is 3. The summed E-state index contributed by atoms with van der Waals surface area (Å²) in [4.78, 5) is 11.1. The van der Waals surface area contributed by atoms with Gasteiger partial charge in [0.05, 0.1) is 0 Å². The van der Waals surface area contributed by atoms with Gasteiger partial charge in [-0.2, -0.15) is 0 Å². The second-order valence-corrected chi connectivity index (χ2v) is 5.14. The summed E-state index contributed by atoms with van der Waals surface area (Å²) in [5.74, 6) is 0.789. The van der Waals surface area contributed by atoms with Crippen LogP contribution in [0.3, 0.4) is 0 Å². The van der Waals surface area contributed by atoms with Gasteiger partial charge in [-0.1, -0.05) is 34.1 Å². The molecule has 0 radical (unpaired) electrons. The lowest BCUT2D eigenvalue weighted by molar-refractivity contribution is 0.739. The molecular formula is C14H14BrN3. The maximum absolute atomic E-state index is 4.47. The Hall–Kier alpha value is -1.42. The van der Waals surface area contributed by atoms with Crippen molar-refractivity contribution in [1.29, 1.82) is 0 Å². The third-order valence-corrected chi connectivity index (χ3v) is 3.92. The Labute approximate surface area is 115 Å². The molecule has 1 aliphatic rings. The highest BCUT2D eigenvalue weighted by Crippen LogP contribution is 2.36. The normalized spacial score (nSPS) is 17.9. The Morgan fingerprint density at radius 3 is 2.72 bits per heavy atom. The van der Waals surface area contributed by atoms with Crippen molar-refractivity contribution in [2.24, 2.45) is 0 Å². The largest absolute Gasteiger partial charge is 0.307 e. The van der Waals surface area contributed by atoms with Gasteiger partial charge < -0.3 is 4.90 Å². The van der Waals surface area contributed by atoms with Gasteiger partial charge in [0.15, 0.2) is 0 Å². The van der Waals surface area contributed by atoms with E-state index in [1.54, 1.807) is 0 Å². The molecule has 18 heavy (non-hydrogen) atoms. The highest BCUT2D eigenvalue weighted by atomic mass is 79.9. The van der Waals surface area contributed by atoms with E-state index in [1.165, 1.54) is 11.3 Å². The predicted octanol–water partition coefficient (Wildman–Crippen LogP) is 3.45. The van der Waals surface area contributed by atoms with Crippen LogP contribution in [0.1, 0.15) is 18.1 Å². The number of rotatable bonds is 2. The number of para-hydroxylation sites is 1. The Kier molecular flexibility index (Phi) is 3.04. The van der Waals surface area contributed by atoms with E-state index >= 15 is 0 Å². The molecule has 0 bridgehead atoms. The number of halogens is 1.